The fourth-order valence-electron chi connectivity index (χ4n) is 3.39. The van der Waals surface area contributed by atoms with E-state index in [9.17, 15) is 9.59 Å². The molecule has 26 heavy (non-hydrogen) atoms. The fraction of sp³-hybridized carbons (Fsp3) is 0.421. The number of carboxylic acid groups (broad SMARTS) is 1. The minimum absolute atomic E-state index is 0.0733. The molecular formula is C19H23N3O4. The molecule has 7 nitrogen and oxygen atoms in total. The zero-order valence-electron chi connectivity index (χ0n) is 14.8. The lowest BCUT2D eigenvalue weighted by Gasteiger charge is -2.32. The van der Waals surface area contributed by atoms with Gasteiger partial charge < -0.3 is 14.7 Å². The van der Waals surface area contributed by atoms with Crippen molar-refractivity contribution in [3.63, 3.8) is 0 Å². The Bertz CT molecular complexity index is 787. The molecule has 1 N–H and O–H groups in total. The van der Waals surface area contributed by atoms with Gasteiger partial charge >= 0.3 is 5.97 Å². The number of carbonyl (C=O) groups is 2. The molecule has 1 aromatic carbocycles. The fourth-order valence-corrected chi connectivity index (χ4v) is 3.39. The Hall–Kier alpha value is -2.83. The van der Waals surface area contributed by atoms with Crippen molar-refractivity contribution in [2.45, 2.75) is 31.7 Å². The average Bonchev–Trinajstić information content (AvgIpc) is 3.10. The molecule has 0 bridgehead atoms. The lowest BCUT2D eigenvalue weighted by atomic mass is 9.94. The smallest absolute Gasteiger partial charge is 0.325 e. The number of aliphatic carboxylic acids is 1. The molecule has 1 aliphatic heterocycles. The van der Waals surface area contributed by atoms with E-state index in [1.165, 1.54) is 4.68 Å². The Morgan fingerprint density at radius 3 is 2.88 bits per heavy atom. The summed E-state index contributed by atoms with van der Waals surface area (Å²) in [5.41, 5.74) is 1.73. The Morgan fingerprint density at radius 2 is 2.12 bits per heavy atom. The highest BCUT2D eigenvalue weighted by molar-refractivity contribution is 5.79. The van der Waals surface area contributed by atoms with Gasteiger partial charge in [-0.3, -0.25) is 14.3 Å². The third-order valence-corrected chi connectivity index (χ3v) is 4.69. The summed E-state index contributed by atoms with van der Waals surface area (Å²) >= 11 is 0. The highest BCUT2D eigenvalue weighted by Crippen LogP contribution is 2.27. The maximum atomic E-state index is 12.7. The van der Waals surface area contributed by atoms with Crippen molar-refractivity contribution < 1.29 is 19.4 Å². The zero-order valence-corrected chi connectivity index (χ0v) is 14.8. The van der Waals surface area contributed by atoms with Crippen LogP contribution in [0.5, 0.6) is 5.75 Å². The van der Waals surface area contributed by atoms with E-state index in [2.05, 4.69) is 5.10 Å². The van der Waals surface area contributed by atoms with Gasteiger partial charge in [0.15, 0.2) is 0 Å². The van der Waals surface area contributed by atoms with Crippen molar-refractivity contribution in [1.82, 2.24) is 14.7 Å². The van der Waals surface area contributed by atoms with Gasteiger partial charge in [0.1, 0.15) is 12.3 Å². The van der Waals surface area contributed by atoms with Gasteiger partial charge in [0.25, 0.3) is 0 Å². The van der Waals surface area contributed by atoms with E-state index in [1.807, 2.05) is 35.2 Å². The number of carboxylic acids is 1. The Kier molecular flexibility index (Phi) is 5.55. The first-order chi connectivity index (χ1) is 12.6. The summed E-state index contributed by atoms with van der Waals surface area (Å²) in [7, 11) is 1.60. The number of methoxy groups -OCH3 is 1. The SMILES string of the molecule is COc1ccccc1CC(=O)N1CCC[C@H](c2ccn(CC(=O)O)n2)C1. The molecule has 7 heteroatoms. The maximum Gasteiger partial charge on any atom is 0.325 e. The summed E-state index contributed by atoms with van der Waals surface area (Å²) in [6, 6.07) is 9.40. The molecule has 1 saturated heterocycles. The van der Waals surface area contributed by atoms with Gasteiger partial charge in [0.2, 0.25) is 5.91 Å². The van der Waals surface area contributed by atoms with Crippen LogP contribution in [0.3, 0.4) is 0 Å². The van der Waals surface area contributed by atoms with E-state index in [1.54, 1.807) is 13.3 Å². The molecule has 1 aromatic heterocycles. The molecule has 0 saturated carbocycles. The van der Waals surface area contributed by atoms with E-state index in [-0.39, 0.29) is 18.4 Å². The van der Waals surface area contributed by atoms with Crippen molar-refractivity contribution in [3.05, 3.63) is 47.8 Å². The highest BCUT2D eigenvalue weighted by Gasteiger charge is 2.26. The number of hydrogen-bond acceptors (Lipinski definition) is 4. The second-order valence-electron chi connectivity index (χ2n) is 6.50. The summed E-state index contributed by atoms with van der Waals surface area (Å²) in [6.45, 7) is 1.20. The number of benzene rings is 1. The van der Waals surface area contributed by atoms with Crippen molar-refractivity contribution >= 4 is 11.9 Å². The first-order valence-corrected chi connectivity index (χ1v) is 8.71. The Morgan fingerprint density at radius 1 is 1.31 bits per heavy atom. The van der Waals surface area contributed by atoms with Crippen LogP contribution < -0.4 is 4.74 Å². The topological polar surface area (TPSA) is 84.7 Å². The van der Waals surface area contributed by atoms with Crippen LogP contribution in [0.15, 0.2) is 36.5 Å². The first kappa shape index (κ1) is 18.0. The summed E-state index contributed by atoms with van der Waals surface area (Å²) in [5, 5.41) is 13.2. The molecule has 138 valence electrons. The number of likely N-dealkylation sites (tertiary alicyclic amines) is 1. The summed E-state index contributed by atoms with van der Waals surface area (Å²) in [6.07, 6.45) is 3.85. The lowest BCUT2D eigenvalue weighted by molar-refractivity contribution is -0.138. The Labute approximate surface area is 152 Å². The van der Waals surface area contributed by atoms with E-state index in [0.717, 1.165) is 36.4 Å². The number of carbonyl (C=O) groups excluding carboxylic acids is 1. The number of rotatable bonds is 6. The van der Waals surface area contributed by atoms with Crippen LogP contribution in [-0.4, -0.2) is 51.9 Å². The number of amides is 1. The van der Waals surface area contributed by atoms with Crippen LogP contribution >= 0.6 is 0 Å². The van der Waals surface area contributed by atoms with Crippen LogP contribution in [0.1, 0.15) is 30.0 Å². The van der Waals surface area contributed by atoms with Gasteiger partial charge in [-0.05, 0) is 25.0 Å². The molecule has 2 heterocycles. The number of hydrogen-bond donors (Lipinski definition) is 1. The van der Waals surface area contributed by atoms with Gasteiger partial charge in [-0.15, -0.1) is 0 Å². The molecule has 1 aliphatic rings. The van der Waals surface area contributed by atoms with E-state index < -0.39 is 5.97 Å². The van der Waals surface area contributed by atoms with E-state index in [0.29, 0.717) is 13.0 Å². The van der Waals surface area contributed by atoms with E-state index in [4.69, 9.17) is 9.84 Å². The lowest BCUT2D eigenvalue weighted by Crippen LogP contribution is -2.40. The van der Waals surface area contributed by atoms with Crippen molar-refractivity contribution in [1.29, 1.82) is 0 Å². The predicted octanol–water partition coefficient (Wildman–Crippen LogP) is 1.93. The Balaban J connectivity index is 1.65. The molecule has 0 spiro atoms. The first-order valence-electron chi connectivity index (χ1n) is 8.71. The number of piperidine rings is 1. The van der Waals surface area contributed by atoms with Gasteiger partial charge in [-0.2, -0.15) is 5.10 Å². The predicted molar refractivity (Wildman–Crippen MR) is 95.1 cm³/mol. The molecule has 0 unspecified atom stereocenters. The number of aromatic nitrogens is 2. The summed E-state index contributed by atoms with van der Waals surface area (Å²) in [4.78, 5) is 25.4. The van der Waals surface area contributed by atoms with Crippen molar-refractivity contribution in [3.8, 4) is 5.75 Å². The van der Waals surface area contributed by atoms with E-state index >= 15 is 0 Å². The molecule has 0 radical (unpaired) electrons. The second kappa shape index (κ2) is 8.03. The van der Waals surface area contributed by atoms with Gasteiger partial charge in [-0.1, -0.05) is 18.2 Å². The molecule has 1 atom stereocenters. The van der Waals surface area contributed by atoms with Crippen LogP contribution in [0.4, 0.5) is 0 Å². The third kappa shape index (κ3) is 4.22. The second-order valence-corrected chi connectivity index (χ2v) is 6.50. The van der Waals surface area contributed by atoms with Crippen LogP contribution in [0.2, 0.25) is 0 Å². The molecule has 3 rings (SSSR count). The molecular weight excluding hydrogens is 334 g/mol. The number of para-hydroxylation sites is 1. The van der Waals surface area contributed by atoms with Crippen LogP contribution in [0, 0.1) is 0 Å². The maximum absolute atomic E-state index is 12.7. The normalized spacial score (nSPS) is 17.1. The summed E-state index contributed by atoms with van der Waals surface area (Å²) < 4.78 is 6.75. The highest BCUT2D eigenvalue weighted by atomic mass is 16.5. The number of ether oxygens (including phenoxy) is 1. The summed E-state index contributed by atoms with van der Waals surface area (Å²) in [5.74, 6) is 0.0170. The zero-order chi connectivity index (χ0) is 18.5. The quantitative estimate of drug-likeness (QED) is 0.854. The third-order valence-electron chi connectivity index (χ3n) is 4.69. The largest absolute Gasteiger partial charge is 0.496 e. The molecule has 1 amide bonds. The minimum Gasteiger partial charge on any atom is -0.496 e. The van der Waals surface area contributed by atoms with Crippen molar-refractivity contribution in [2.24, 2.45) is 0 Å². The minimum atomic E-state index is -0.920. The van der Waals surface area contributed by atoms with Gasteiger partial charge in [0.05, 0.1) is 19.2 Å². The molecule has 2 aromatic rings. The van der Waals surface area contributed by atoms with Crippen molar-refractivity contribution in [2.75, 3.05) is 20.2 Å². The van der Waals surface area contributed by atoms with Crippen LogP contribution in [-0.2, 0) is 22.6 Å². The monoisotopic (exact) mass is 357 g/mol. The molecule has 0 aliphatic carbocycles. The van der Waals surface area contributed by atoms with Gasteiger partial charge in [-0.25, -0.2) is 0 Å². The number of nitrogens with zero attached hydrogens (tertiary/aromatic N) is 3. The standard InChI is InChI=1S/C19H23N3O4/c1-26-17-7-3-2-5-14(17)11-18(23)21-9-4-6-15(12-21)16-8-10-22(20-16)13-19(24)25/h2-3,5,7-8,10,15H,4,6,9,11-13H2,1H3,(H,24,25)/t15-/m0/s1. The average molecular weight is 357 g/mol. The van der Waals surface area contributed by atoms with Gasteiger partial charge in [0, 0.05) is 30.8 Å². The molecule has 1 fully saturated rings. The van der Waals surface area contributed by atoms with Crippen LogP contribution in [0.25, 0.3) is 0 Å².